The molecule has 0 radical (unpaired) electrons. The third-order valence-electron chi connectivity index (χ3n) is 2.34. The topological polar surface area (TPSA) is 50.4 Å². The first kappa shape index (κ1) is 15.7. The number of nitrogen functional groups attached to an aromatic ring is 1. The molecule has 0 aromatic heterocycles. The number of nitrogens with two attached hydrogens (primary N) is 1. The first-order chi connectivity index (χ1) is 7.20. The monoisotopic (exact) mass is 442 g/mol. The van der Waals surface area contributed by atoms with Crippen molar-refractivity contribution in [2.45, 2.75) is 19.9 Å². The van der Waals surface area contributed by atoms with Gasteiger partial charge >= 0.3 is 0 Å². The van der Waals surface area contributed by atoms with Gasteiger partial charge in [0.15, 0.2) is 0 Å². The van der Waals surface area contributed by atoms with Crippen molar-refractivity contribution in [2.24, 2.45) is 4.99 Å². The zero-order valence-corrected chi connectivity index (χ0v) is 14.2. The summed E-state index contributed by atoms with van der Waals surface area (Å²) in [4.78, 5) is 4.29. The second-order valence-corrected chi connectivity index (χ2v) is 3.40. The van der Waals surface area contributed by atoms with Gasteiger partial charge in [0.05, 0.1) is 0 Å². The molecule has 1 aromatic carbocycles. The van der Waals surface area contributed by atoms with Crippen LogP contribution in [0.5, 0.6) is 0 Å². The van der Waals surface area contributed by atoms with Gasteiger partial charge in [-0.2, -0.15) is 18.2 Å². The van der Waals surface area contributed by atoms with Crippen molar-refractivity contribution >= 4 is 11.4 Å². The fraction of sp³-hybridized carbons (Fsp3) is 0.417. The summed E-state index contributed by atoms with van der Waals surface area (Å²) in [5.41, 5.74) is 8.60. The summed E-state index contributed by atoms with van der Waals surface area (Å²) < 4.78 is 0. The molecular weight excluding hydrogens is 424 g/mol. The average Bonchev–Trinajstić information content (AvgIpc) is 2.22. The van der Waals surface area contributed by atoms with Gasteiger partial charge in [-0.1, -0.05) is 18.2 Å². The Balaban J connectivity index is 0.00000225. The number of rotatable bonds is 4. The fourth-order valence-corrected chi connectivity index (χ4v) is 1.61. The first-order valence-electron chi connectivity index (χ1n) is 5.16. The van der Waals surface area contributed by atoms with Gasteiger partial charge in [-0.15, -0.1) is 6.07 Å². The van der Waals surface area contributed by atoms with E-state index in [1.54, 1.807) is 7.05 Å². The summed E-state index contributed by atoms with van der Waals surface area (Å²) in [7, 11) is 1.79. The van der Waals surface area contributed by atoms with Crippen LogP contribution in [0.1, 0.15) is 19.4 Å². The Hall–Kier alpha value is -0.298. The number of benzene rings is 1. The molecule has 0 amide bonds. The van der Waals surface area contributed by atoms with Gasteiger partial charge in [0.25, 0.3) is 0 Å². The molecule has 3 N–H and O–H groups in total. The zero-order chi connectivity index (χ0) is 11.3. The van der Waals surface area contributed by atoms with Crippen LogP contribution in [0, 0.1) is 37.2 Å². The van der Waals surface area contributed by atoms with Crippen molar-refractivity contribution in [2.75, 3.05) is 19.3 Å². The predicted molar refractivity (Wildman–Crippen MR) is 65.3 cm³/mol. The third-order valence-corrected chi connectivity index (χ3v) is 2.34. The Morgan fingerprint density at radius 3 is 2.81 bits per heavy atom. The predicted octanol–water partition coefficient (Wildman–Crippen LogP) is 1.49. The molecule has 0 spiro atoms. The summed E-state index contributed by atoms with van der Waals surface area (Å²) in [6, 6.07) is 8.77. The SMILES string of the molecule is CCN[C@H](C)C(=NC)c1c[c-]ccc1N.[U]. The van der Waals surface area contributed by atoms with E-state index in [2.05, 4.69) is 30.2 Å². The van der Waals surface area contributed by atoms with E-state index in [0.29, 0.717) is 0 Å². The van der Waals surface area contributed by atoms with Gasteiger partial charge in [-0.3, -0.25) is 0 Å². The Morgan fingerprint density at radius 2 is 2.31 bits per heavy atom. The quantitative estimate of drug-likeness (QED) is 0.422. The summed E-state index contributed by atoms with van der Waals surface area (Å²) in [5.74, 6) is 0. The Morgan fingerprint density at radius 1 is 1.62 bits per heavy atom. The van der Waals surface area contributed by atoms with Gasteiger partial charge < -0.3 is 16.0 Å². The maximum atomic E-state index is 5.90. The molecule has 1 rings (SSSR count). The van der Waals surface area contributed by atoms with Crippen LogP contribution in [0.3, 0.4) is 0 Å². The molecule has 0 bridgehead atoms. The van der Waals surface area contributed by atoms with Crippen LogP contribution in [0.2, 0.25) is 0 Å². The van der Waals surface area contributed by atoms with Crippen LogP contribution in [-0.2, 0) is 0 Å². The summed E-state index contributed by atoms with van der Waals surface area (Å²) in [6.07, 6.45) is 0. The zero-order valence-electron chi connectivity index (χ0n) is 10.0. The average molecular weight is 442 g/mol. The molecule has 1 aromatic rings. The van der Waals surface area contributed by atoms with Crippen LogP contribution in [0.15, 0.2) is 23.2 Å². The van der Waals surface area contributed by atoms with E-state index in [1.165, 1.54) is 0 Å². The molecular formula is C12H18N3U-. The largest absolute Gasteiger partial charge is 0.419 e. The maximum absolute atomic E-state index is 5.90. The van der Waals surface area contributed by atoms with Gasteiger partial charge in [0.1, 0.15) is 0 Å². The summed E-state index contributed by atoms with van der Waals surface area (Å²) in [5, 5.41) is 3.32. The molecule has 16 heavy (non-hydrogen) atoms. The molecule has 0 aliphatic heterocycles. The molecule has 4 heteroatoms. The molecule has 0 aliphatic carbocycles. The van der Waals surface area contributed by atoms with Crippen molar-refractivity contribution < 1.29 is 31.1 Å². The number of aliphatic imine (C=N–C) groups is 1. The second-order valence-electron chi connectivity index (χ2n) is 3.40. The minimum Gasteiger partial charge on any atom is -0.419 e. The fourth-order valence-electron chi connectivity index (χ4n) is 1.61. The smallest absolute Gasteiger partial charge is 0.0349 e. The van der Waals surface area contributed by atoms with E-state index in [1.807, 2.05) is 18.2 Å². The maximum Gasteiger partial charge on any atom is 0.0349 e. The third kappa shape index (κ3) is 3.94. The van der Waals surface area contributed by atoms with Crippen LogP contribution in [-0.4, -0.2) is 25.3 Å². The Kier molecular flexibility index (Phi) is 7.74. The van der Waals surface area contributed by atoms with Gasteiger partial charge in [-0.05, 0) is 13.5 Å². The van der Waals surface area contributed by atoms with E-state index in [0.717, 1.165) is 23.5 Å². The van der Waals surface area contributed by atoms with Crippen LogP contribution in [0.25, 0.3) is 0 Å². The molecule has 0 saturated heterocycles. The summed E-state index contributed by atoms with van der Waals surface area (Å²) in [6.45, 7) is 5.07. The van der Waals surface area contributed by atoms with E-state index in [9.17, 15) is 0 Å². The summed E-state index contributed by atoms with van der Waals surface area (Å²) >= 11 is 0. The van der Waals surface area contributed by atoms with Crippen LogP contribution < -0.4 is 11.1 Å². The van der Waals surface area contributed by atoms with Crippen molar-refractivity contribution in [3.05, 3.63) is 29.8 Å². The standard InChI is InChI=1S/C12H18N3.U/c1-4-15-9(2)12(14-3)10-7-5-6-8-11(10)13;/h6-9,15H,4,13H2,1-3H3;/q-1;/t9-;/m1./s1. The number of hydrogen-bond donors (Lipinski definition) is 2. The van der Waals surface area contributed by atoms with Gasteiger partial charge in [0.2, 0.25) is 0 Å². The normalized spacial score (nSPS) is 13.1. The van der Waals surface area contributed by atoms with Gasteiger partial charge in [0, 0.05) is 49.9 Å². The van der Waals surface area contributed by atoms with E-state index >= 15 is 0 Å². The van der Waals surface area contributed by atoms with Gasteiger partial charge in [-0.25, -0.2) is 0 Å². The van der Waals surface area contributed by atoms with E-state index in [4.69, 9.17) is 5.73 Å². The van der Waals surface area contributed by atoms with Crippen LogP contribution in [0.4, 0.5) is 5.69 Å². The molecule has 86 valence electrons. The van der Waals surface area contributed by atoms with Crippen molar-refractivity contribution in [3.63, 3.8) is 0 Å². The van der Waals surface area contributed by atoms with Crippen molar-refractivity contribution in [1.82, 2.24) is 5.32 Å². The number of nitrogens with one attached hydrogen (secondary N) is 1. The van der Waals surface area contributed by atoms with E-state index < -0.39 is 0 Å². The molecule has 0 fully saturated rings. The molecule has 3 nitrogen and oxygen atoms in total. The van der Waals surface area contributed by atoms with E-state index in [-0.39, 0.29) is 37.2 Å². The number of likely N-dealkylation sites (N-methyl/N-ethyl adjacent to an activating group) is 1. The molecule has 0 heterocycles. The molecule has 1 atom stereocenters. The number of hydrogen-bond acceptors (Lipinski definition) is 3. The van der Waals surface area contributed by atoms with Crippen molar-refractivity contribution in [3.8, 4) is 0 Å². The minimum absolute atomic E-state index is 0. The molecule has 0 aliphatic rings. The second kappa shape index (κ2) is 7.89. The molecule has 0 unspecified atom stereocenters. The Bertz CT molecular complexity index is 350. The molecule has 0 saturated carbocycles. The minimum atomic E-state index is 0. The Labute approximate surface area is 121 Å². The van der Waals surface area contributed by atoms with Crippen LogP contribution >= 0.6 is 0 Å². The number of nitrogens with zero attached hydrogens (tertiary/aromatic N) is 1. The van der Waals surface area contributed by atoms with Crippen molar-refractivity contribution in [1.29, 1.82) is 0 Å². The number of anilines is 1. The first-order valence-corrected chi connectivity index (χ1v) is 5.16.